The van der Waals surface area contributed by atoms with Crippen LogP contribution in [0.5, 0.6) is 0 Å². The lowest BCUT2D eigenvalue weighted by atomic mass is 10.1. The van der Waals surface area contributed by atoms with Crippen LogP contribution in [0.4, 0.5) is 0 Å². The van der Waals surface area contributed by atoms with Gasteiger partial charge in [0.2, 0.25) is 0 Å². The predicted molar refractivity (Wildman–Crippen MR) is 53.8 cm³/mol. The van der Waals surface area contributed by atoms with Crippen LogP contribution in [-0.2, 0) is 4.79 Å². The van der Waals surface area contributed by atoms with E-state index in [1.807, 2.05) is 6.92 Å². The summed E-state index contributed by atoms with van der Waals surface area (Å²) in [5.41, 5.74) is 0.736. The van der Waals surface area contributed by atoms with Crippen molar-refractivity contribution in [1.82, 2.24) is 9.55 Å². The highest BCUT2D eigenvalue weighted by molar-refractivity contribution is 5.70. The third-order valence-corrected chi connectivity index (χ3v) is 3.12. The van der Waals surface area contributed by atoms with Crippen LogP contribution in [0.3, 0.4) is 0 Å². The Bertz CT molecular complexity index is 432. The Kier molecular flexibility index (Phi) is 2.38. The summed E-state index contributed by atoms with van der Waals surface area (Å²) in [4.78, 5) is 24.9. The standard InChI is InChI=1S/C10H14N2O3/c1-6-5-11-10(15)12(6)8-3-2-7(4-8)9(13)14/h5,7-8H,2-4H2,1H3,(H,11,15)(H,13,14). The topological polar surface area (TPSA) is 75.1 Å². The molecule has 0 amide bonds. The molecule has 0 bridgehead atoms. The van der Waals surface area contributed by atoms with Crippen LogP contribution in [0, 0.1) is 12.8 Å². The van der Waals surface area contributed by atoms with Gasteiger partial charge in [0.15, 0.2) is 0 Å². The van der Waals surface area contributed by atoms with Crippen molar-refractivity contribution in [3.05, 3.63) is 22.4 Å². The Morgan fingerprint density at radius 2 is 2.33 bits per heavy atom. The molecule has 1 aromatic rings. The number of aliphatic carboxylic acids is 1. The number of aromatic nitrogens is 2. The van der Waals surface area contributed by atoms with Crippen molar-refractivity contribution in [1.29, 1.82) is 0 Å². The molecule has 2 N–H and O–H groups in total. The van der Waals surface area contributed by atoms with E-state index in [1.165, 1.54) is 0 Å². The number of carboxylic acid groups (broad SMARTS) is 1. The van der Waals surface area contributed by atoms with Crippen LogP contribution < -0.4 is 5.69 Å². The molecule has 0 aliphatic heterocycles. The molecule has 1 heterocycles. The quantitative estimate of drug-likeness (QED) is 0.761. The molecule has 0 radical (unpaired) electrons. The molecular weight excluding hydrogens is 196 g/mol. The van der Waals surface area contributed by atoms with E-state index in [4.69, 9.17) is 5.11 Å². The highest BCUT2D eigenvalue weighted by Gasteiger charge is 2.31. The van der Waals surface area contributed by atoms with E-state index in [1.54, 1.807) is 10.8 Å². The molecule has 15 heavy (non-hydrogen) atoms. The maximum atomic E-state index is 11.5. The number of nitrogens with zero attached hydrogens (tertiary/aromatic N) is 1. The number of rotatable bonds is 2. The van der Waals surface area contributed by atoms with Gasteiger partial charge in [-0.05, 0) is 26.2 Å². The number of hydrogen-bond donors (Lipinski definition) is 2. The summed E-state index contributed by atoms with van der Waals surface area (Å²) in [5.74, 6) is -1.05. The van der Waals surface area contributed by atoms with Crippen LogP contribution in [-0.4, -0.2) is 20.6 Å². The summed E-state index contributed by atoms with van der Waals surface area (Å²) in [5, 5.41) is 8.87. The molecule has 82 valence electrons. The number of aryl methyl sites for hydroxylation is 1. The molecule has 5 heteroatoms. The SMILES string of the molecule is Cc1c[nH]c(=O)n1C1CCC(C(=O)O)C1. The van der Waals surface area contributed by atoms with Crippen molar-refractivity contribution in [3.8, 4) is 0 Å². The maximum Gasteiger partial charge on any atom is 0.325 e. The number of carbonyl (C=O) groups is 1. The number of hydrogen-bond acceptors (Lipinski definition) is 2. The van der Waals surface area contributed by atoms with Gasteiger partial charge in [-0.1, -0.05) is 0 Å². The fourth-order valence-electron chi connectivity index (χ4n) is 2.34. The smallest absolute Gasteiger partial charge is 0.325 e. The van der Waals surface area contributed by atoms with Gasteiger partial charge < -0.3 is 10.1 Å². The van der Waals surface area contributed by atoms with Crippen LogP contribution >= 0.6 is 0 Å². The number of H-pyrrole nitrogens is 1. The summed E-state index contributed by atoms with van der Waals surface area (Å²) in [6, 6.07) is 0.0462. The van der Waals surface area contributed by atoms with Gasteiger partial charge in [-0.25, -0.2) is 4.79 Å². The normalized spacial score (nSPS) is 25.7. The number of carboxylic acids is 1. The van der Waals surface area contributed by atoms with E-state index >= 15 is 0 Å². The fourth-order valence-corrected chi connectivity index (χ4v) is 2.34. The van der Waals surface area contributed by atoms with E-state index in [2.05, 4.69) is 4.98 Å². The number of aromatic amines is 1. The van der Waals surface area contributed by atoms with Crippen molar-refractivity contribution in [2.45, 2.75) is 32.2 Å². The van der Waals surface area contributed by atoms with Gasteiger partial charge in [0.1, 0.15) is 0 Å². The Hall–Kier alpha value is -1.52. The van der Waals surface area contributed by atoms with Gasteiger partial charge in [-0.15, -0.1) is 0 Å². The first-order valence-electron chi connectivity index (χ1n) is 5.09. The van der Waals surface area contributed by atoms with Crippen LogP contribution in [0.15, 0.2) is 11.0 Å². The van der Waals surface area contributed by atoms with Crippen molar-refractivity contribution in [2.75, 3.05) is 0 Å². The molecular formula is C10H14N2O3. The van der Waals surface area contributed by atoms with Crippen LogP contribution in [0.25, 0.3) is 0 Å². The highest BCUT2D eigenvalue weighted by Crippen LogP contribution is 2.34. The predicted octanol–water partition coefficient (Wildman–Crippen LogP) is 0.911. The molecule has 0 aromatic carbocycles. The lowest BCUT2D eigenvalue weighted by Gasteiger charge is -2.12. The van der Waals surface area contributed by atoms with Crippen molar-refractivity contribution in [3.63, 3.8) is 0 Å². The third-order valence-electron chi connectivity index (χ3n) is 3.12. The average molecular weight is 210 g/mol. The maximum absolute atomic E-state index is 11.5. The van der Waals surface area contributed by atoms with Gasteiger partial charge in [0, 0.05) is 17.9 Å². The molecule has 1 aromatic heterocycles. The minimum atomic E-state index is -0.751. The van der Waals surface area contributed by atoms with Gasteiger partial charge in [-0.2, -0.15) is 0 Å². The lowest BCUT2D eigenvalue weighted by Crippen LogP contribution is -2.22. The summed E-state index contributed by atoms with van der Waals surface area (Å²) in [6.07, 6.45) is 3.66. The zero-order valence-corrected chi connectivity index (χ0v) is 8.56. The molecule has 0 saturated heterocycles. The van der Waals surface area contributed by atoms with Crippen molar-refractivity contribution in [2.24, 2.45) is 5.92 Å². The first-order valence-corrected chi connectivity index (χ1v) is 5.09. The first-order chi connectivity index (χ1) is 7.09. The molecule has 0 spiro atoms. The van der Waals surface area contributed by atoms with Gasteiger partial charge in [0.05, 0.1) is 5.92 Å². The Labute approximate surface area is 86.7 Å². The highest BCUT2D eigenvalue weighted by atomic mass is 16.4. The monoisotopic (exact) mass is 210 g/mol. The second-order valence-corrected chi connectivity index (χ2v) is 4.11. The molecule has 2 unspecified atom stereocenters. The Morgan fingerprint density at radius 3 is 2.80 bits per heavy atom. The molecule has 1 saturated carbocycles. The Balaban J connectivity index is 2.21. The Morgan fingerprint density at radius 1 is 1.60 bits per heavy atom. The van der Waals surface area contributed by atoms with E-state index in [0.717, 1.165) is 12.1 Å². The molecule has 2 rings (SSSR count). The molecule has 2 atom stereocenters. The number of nitrogens with one attached hydrogen (secondary N) is 1. The van der Waals surface area contributed by atoms with E-state index < -0.39 is 5.97 Å². The fraction of sp³-hybridized carbons (Fsp3) is 0.600. The zero-order valence-electron chi connectivity index (χ0n) is 8.56. The summed E-state index contributed by atoms with van der Waals surface area (Å²) >= 11 is 0. The van der Waals surface area contributed by atoms with E-state index in [9.17, 15) is 9.59 Å². The summed E-state index contributed by atoms with van der Waals surface area (Å²) in [7, 11) is 0. The average Bonchev–Trinajstić information content (AvgIpc) is 2.73. The van der Waals surface area contributed by atoms with Crippen LogP contribution in [0.2, 0.25) is 0 Å². The third kappa shape index (κ3) is 1.69. The van der Waals surface area contributed by atoms with Gasteiger partial charge in [-0.3, -0.25) is 9.36 Å². The van der Waals surface area contributed by atoms with E-state index in [0.29, 0.717) is 12.8 Å². The van der Waals surface area contributed by atoms with Crippen molar-refractivity contribution < 1.29 is 9.90 Å². The summed E-state index contributed by atoms with van der Waals surface area (Å²) in [6.45, 7) is 1.85. The lowest BCUT2D eigenvalue weighted by molar-refractivity contribution is -0.141. The zero-order chi connectivity index (χ0) is 11.0. The molecule has 5 nitrogen and oxygen atoms in total. The number of imidazole rings is 1. The molecule has 1 aliphatic rings. The van der Waals surface area contributed by atoms with Gasteiger partial charge in [0.25, 0.3) is 0 Å². The van der Waals surface area contributed by atoms with Crippen LogP contribution in [0.1, 0.15) is 31.0 Å². The minimum Gasteiger partial charge on any atom is -0.481 e. The summed E-state index contributed by atoms with van der Waals surface area (Å²) < 4.78 is 1.67. The largest absolute Gasteiger partial charge is 0.481 e. The first kappa shape index (κ1) is 10.0. The van der Waals surface area contributed by atoms with E-state index in [-0.39, 0.29) is 17.6 Å². The molecule has 1 aliphatic carbocycles. The second-order valence-electron chi connectivity index (χ2n) is 4.11. The molecule has 1 fully saturated rings. The minimum absolute atomic E-state index is 0.0462. The van der Waals surface area contributed by atoms with Gasteiger partial charge >= 0.3 is 11.7 Å². The second kappa shape index (κ2) is 3.56. The van der Waals surface area contributed by atoms with Crippen molar-refractivity contribution >= 4 is 5.97 Å².